The lowest BCUT2D eigenvalue weighted by molar-refractivity contribution is 0.217. The van der Waals surface area contributed by atoms with Gasteiger partial charge < -0.3 is 4.52 Å². The molecule has 0 bridgehead atoms. The van der Waals surface area contributed by atoms with Gasteiger partial charge >= 0.3 is 0 Å². The van der Waals surface area contributed by atoms with E-state index in [1.807, 2.05) is 0 Å². The average Bonchev–Trinajstić information content (AvgIpc) is 2.35. The van der Waals surface area contributed by atoms with Crippen LogP contribution in [-0.2, 0) is 4.52 Å². The summed E-state index contributed by atoms with van der Waals surface area (Å²) in [5.41, 5.74) is 0. The van der Waals surface area contributed by atoms with Crippen molar-refractivity contribution < 1.29 is 4.52 Å². The third-order valence-electron chi connectivity index (χ3n) is 2.18. The van der Waals surface area contributed by atoms with E-state index in [1.54, 1.807) is 0 Å². The van der Waals surface area contributed by atoms with Crippen molar-refractivity contribution in [1.29, 1.82) is 0 Å². The first-order chi connectivity index (χ1) is 5.65. The van der Waals surface area contributed by atoms with Crippen molar-refractivity contribution in [2.45, 2.75) is 26.4 Å². The molecule has 72 valence electrons. The van der Waals surface area contributed by atoms with Gasteiger partial charge in [0, 0.05) is 13.1 Å². The van der Waals surface area contributed by atoms with E-state index in [2.05, 4.69) is 37.3 Å². The highest BCUT2D eigenvalue weighted by atomic mass is 31.2. The maximum absolute atomic E-state index is 5.90. The number of hydrogen-bond acceptors (Lipinski definition) is 3. The zero-order chi connectivity index (χ0) is 9.14. The largest absolute Gasteiger partial charge is 0.328 e. The maximum Gasteiger partial charge on any atom is 0.187 e. The molecule has 0 saturated carbocycles. The summed E-state index contributed by atoms with van der Waals surface area (Å²) < 4.78 is 10.5. The fourth-order valence-corrected chi connectivity index (χ4v) is 2.95. The van der Waals surface area contributed by atoms with E-state index in [4.69, 9.17) is 4.52 Å². The Morgan fingerprint density at radius 3 is 2.25 bits per heavy atom. The third-order valence-corrected chi connectivity index (χ3v) is 4.30. The Balaban J connectivity index is 2.38. The maximum atomic E-state index is 5.90. The van der Waals surface area contributed by atoms with Gasteiger partial charge in [-0.1, -0.05) is 6.92 Å². The smallest absolute Gasteiger partial charge is 0.187 e. The van der Waals surface area contributed by atoms with E-state index in [0.29, 0.717) is 6.10 Å². The van der Waals surface area contributed by atoms with E-state index >= 15 is 0 Å². The van der Waals surface area contributed by atoms with Crippen LogP contribution in [0.2, 0.25) is 0 Å². The fraction of sp³-hybridized carbons (Fsp3) is 1.00. The summed E-state index contributed by atoms with van der Waals surface area (Å²) in [7, 11) is 3.83. The summed E-state index contributed by atoms with van der Waals surface area (Å²) in [6.07, 6.45) is 1.49. The van der Waals surface area contributed by atoms with Crippen LogP contribution in [0.25, 0.3) is 0 Å². The summed E-state index contributed by atoms with van der Waals surface area (Å²) in [5, 5.41) is 0. The third kappa shape index (κ3) is 2.40. The van der Waals surface area contributed by atoms with Crippen LogP contribution in [0.4, 0.5) is 0 Å². The van der Waals surface area contributed by atoms with Gasteiger partial charge in [-0.3, -0.25) is 0 Å². The van der Waals surface area contributed by atoms with E-state index in [1.165, 1.54) is 0 Å². The molecule has 1 aliphatic heterocycles. The van der Waals surface area contributed by atoms with E-state index in [-0.39, 0.29) is 0 Å². The van der Waals surface area contributed by atoms with Crippen molar-refractivity contribution in [2.75, 3.05) is 27.2 Å². The van der Waals surface area contributed by atoms with Crippen LogP contribution in [0.5, 0.6) is 0 Å². The minimum absolute atomic E-state index is 0.388. The molecular formula is C8H19N2OP. The number of hydrogen-bond donors (Lipinski definition) is 0. The summed E-state index contributed by atoms with van der Waals surface area (Å²) in [4.78, 5) is 0. The molecule has 0 spiro atoms. The Kier molecular flexibility index (Phi) is 3.91. The van der Waals surface area contributed by atoms with Crippen molar-refractivity contribution in [3.8, 4) is 0 Å². The van der Waals surface area contributed by atoms with Crippen molar-refractivity contribution in [1.82, 2.24) is 9.34 Å². The van der Waals surface area contributed by atoms with Crippen LogP contribution in [-0.4, -0.2) is 42.6 Å². The van der Waals surface area contributed by atoms with Gasteiger partial charge in [-0.15, -0.1) is 0 Å². The average molecular weight is 190 g/mol. The minimum atomic E-state index is -0.446. The molecule has 1 heterocycles. The second-order valence-electron chi connectivity index (χ2n) is 3.34. The Bertz CT molecular complexity index is 135. The van der Waals surface area contributed by atoms with Gasteiger partial charge in [-0.2, -0.15) is 0 Å². The molecule has 1 atom stereocenters. The number of rotatable bonds is 3. The number of likely N-dealkylation sites (N-methyl/N-ethyl adjacent to an activating group) is 2. The highest BCUT2D eigenvalue weighted by Crippen LogP contribution is 2.48. The quantitative estimate of drug-likeness (QED) is 0.632. The summed E-state index contributed by atoms with van der Waals surface area (Å²) in [6, 6.07) is 0. The molecule has 0 aliphatic carbocycles. The van der Waals surface area contributed by atoms with E-state index in [0.717, 1.165) is 19.5 Å². The second-order valence-corrected chi connectivity index (χ2v) is 5.42. The van der Waals surface area contributed by atoms with Crippen LogP contribution in [0.15, 0.2) is 0 Å². The molecule has 1 rings (SSSR count). The molecule has 0 aromatic carbocycles. The van der Waals surface area contributed by atoms with E-state index < -0.39 is 8.45 Å². The highest BCUT2D eigenvalue weighted by molar-refractivity contribution is 7.47. The summed E-state index contributed by atoms with van der Waals surface area (Å²) in [6.45, 7) is 6.58. The van der Waals surface area contributed by atoms with Crippen molar-refractivity contribution >= 4 is 8.45 Å². The van der Waals surface area contributed by atoms with Crippen LogP contribution in [0.1, 0.15) is 20.3 Å². The SMILES string of the molecule is CCC(C)OP1N(C)CCN1C. The molecule has 1 aliphatic rings. The molecule has 0 aromatic heterocycles. The predicted molar refractivity (Wildman–Crippen MR) is 53.0 cm³/mol. The lowest BCUT2D eigenvalue weighted by Gasteiger charge is -2.26. The fourth-order valence-electron chi connectivity index (χ4n) is 1.12. The first-order valence-electron chi connectivity index (χ1n) is 4.54. The van der Waals surface area contributed by atoms with Crippen molar-refractivity contribution in [2.24, 2.45) is 0 Å². The van der Waals surface area contributed by atoms with Crippen LogP contribution < -0.4 is 0 Å². The lowest BCUT2D eigenvalue weighted by atomic mass is 10.3. The van der Waals surface area contributed by atoms with Gasteiger partial charge in [-0.05, 0) is 27.4 Å². The molecule has 1 saturated heterocycles. The molecule has 3 nitrogen and oxygen atoms in total. The molecular weight excluding hydrogens is 171 g/mol. The molecule has 12 heavy (non-hydrogen) atoms. The number of nitrogens with zero attached hydrogens (tertiary/aromatic N) is 2. The highest BCUT2D eigenvalue weighted by Gasteiger charge is 2.29. The molecule has 0 aromatic rings. The minimum Gasteiger partial charge on any atom is -0.328 e. The first-order valence-corrected chi connectivity index (χ1v) is 5.70. The van der Waals surface area contributed by atoms with Gasteiger partial charge in [0.2, 0.25) is 0 Å². The van der Waals surface area contributed by atoms with Crippen LogP contribution in [0.3, 0.4) is 0 Å². The molecule has 0 N–H and O–H groups in total. The van der Waals surface area contributed by atoms with Gasteiger partial charge in [0.25, 0.3) is 0 Å². The monoisotopic (exact) mass is 190 g/mol. The zero-order valence-electron chi connectivity index (χ0n) is 8.45. The molecule has 1 fully saturated rings. The second kappa shape index (κ2) is 4.52. The van der Waals surface area contributed by atoms with Crippen LogP contribution in [0, 0.1) is 0 Å². The Labute approximate surface area is 76.6 Å². The van der Waals surface area contributed by atoms with Crippen molar-refractivity contribution in [3.05, 3.63) is 0 Å². The lowest BCUT2D eigenvalue weighted by Crippen LogP contribution is -2.15. The summed E-state index contributed by atoms with van der Waals surface area (Å²) >= 11 is 0. The predicted octanol–water partition coefficient (Wildman–Crippen LogP) is 1.91. The van der Waals surface area contributed by atoms with Crippen LogP contribution >= 0.6 is 8.45 Å². The Morgan fingerprint density at radius 1 is 1.33 bits per heavy atom. The molecule has 0 amide bonds. The van der Waals surface area contributed by atoms with Gasteiger partial charge in [0.1, 0.15) is 0 Å². The molecule has 0 radical (unpaired) electrons. The normalized spacial score (nSPS) is 25.0. The van der Waals surface area contributed by atoms with Gasteiger partial charge in [0.05, 0.1) is 6.10 Å². The first kappa shape index (κ1) is 10.4. The Morgan fingerprint density at radius 2 is 1.83 bits per heavy atom. The Hall–Kier alpha value is 0.310. The van der Waals surface area contributed by atoms with Crippen molar-refractivity contribution in [3.63, 3.8) is 0 Å². The molecule has 1 unspecified atom stereocenters. The topological polar surface area (TPSA) is 15.7 Å². The summed E-state index contributed by atoms with van der Waals surface area (Å²) in [5.74, 6) is 0. The van der Waals surface area contributed by atoms with E-state index in [9.17, 15) is 0 Å². The zero-order valence-corrected chi connectivity index (χ0v) is 9.34. The van der Waals surface area contributed by atoms with Gasteiger partial charge in [-0.25, -0.2) is 9.34 Å². The standard InChI is InChI=1S/C8H19N2OP/c1-5-8(2)11-12-9(3)6-7-10(12)4/h8H,5-7H2,1-4H3. The molecule has 4 heteroatoms. The van der Waals surface area contributed by atoms with Gasteiger partial charge in [0.15, 0.2) is 8.45 Å².